The zero-order valence-corrected chi connectivity index (χ0v) is 14.7. The molecule has 3 rings (SSSR count). The Bertz CT molecular complexity index is 843. The lowest BCUT2D eigenvalue weighted by molar-refractivity contribution is -0.127. The molecule has 0 saturated heterocycles. The van der Waals surface area contributed by atoms with Crippen molar-refractivity contribution in [2.45, 2.75) is 25.4 Å². The van der Waals surface area contributed by atoms with Crippen molar-refractivity contribution >= 4 is 39.2 Å². The van der Waals surface area contributed by atoms with E-state index in [9.17, 15) is 4.79 Å². The van der Waals surface area contributed by atoms with Gasteiger partial charge in [0.2, 0.25) is 5.91 Å². The lowest BCUT2D eigenvalue weighted by Crippen LogP contribution is -2.27. The number of aryl methyl sites for hydroxylation is 2. The first-order valence-electron chi connectivity index (χ1n) is 7.03. The Labute approximate surface area is 141 Å². The van der Waals surface area contributed by atoms with Crippen LogP contribution in [0.3, 0.4) is 0 Å². The number of hydrogen-bond donors (Lipinski definition) is 0. The third-order valence-electron chi connectivity index (χ3n) is 3.24. The van der Waals surface area contributed by atoms with E-state index in [0.29, 0.717) is 18.1 Å². The van der Waals surface area contributed by atoms with E-state index in [4.69, 9.17) is 4.52 Å². The molecule has 23 heavy (non-hydrogen) atoms. The summed E-state index contributed by atoms with van der Waals surface area (Å²) in [7, 11) is 1.76. The van der Waals surface area contributed by atoms with Crippen LogP contribution >= 0.6 is 23.1 Å². The third kappa shape index (κ3) is 3.70. The van der Waals surface area contributed by atoms with Crippen LogP contribution in [0.15, 0.2) is 28.0 Å². The van der Waals surface area contributed by atoms with Crippen LogP contribution in [-0.4, -0.2) is 38.7 Å². The minimum atomic E-state index is 0.0165. The summed E-state index contributed by atoms with van der Waals surface area (Å²) < 4.78 is 5.14. The highest BCUT2D eigenvalue weighted by molar-refractivity contribution is 8.00. The maximum absolute atomic E-state index is 12.3. The highest BCUT2D eigenvalue weighted by Crippen LogP contribution is 2.30. The molecule has 6 nitrogen and oxygen atoms in total. The fourth-order valence-corrected chi connectivity index (χ4v) is 3.95. The van der Waals surface area contributed by atoms with Gasteiger partial charge in [0, 0.05) is 23.4 Å². The number of thiophene rings is 1. The van der Waals surface area contributed by atoms with Gasteiger partial charge in [-0.25, -0.2) is 9.97 Å². The van der Waals surface area contributed by atoms with Crippen LogP contribution in [0, 0.1) is 13.8 Å². The van der Waals surface area contributed by atoms with E-state index in [1.54, 1.807) is 29.6 Å². The first-order valence-corrected chi connectivity index (χ1v) is 8.83. The molecule has 8 heteroatoms. The number of aromatic nitrogens is 3. The highest BCUT2D eigenvalue weighted by atomic mass is 32.2. The maximum atomic E-state index is 12.3. The number of carbonyl (C=O) groups excluding carboxylic acids is 1. The molecule has 0 aliphatic heterocycles. The molecule has 0 radical (unpaired) electrons. The normalized spacial score (nSPS) is 11.1. The van der Waals surface area contributed by atoms with Gasteiger partial charge in [-0.15, -0.1) is 11.3 Å². The second-order valence-electron chi connectivity index (χ2n) is 5.23. The molecule has 0 aromatic carbocycles. The van der Waals surface area contributed by atoms with Crippen molar-refractivity contribution in [1.82, 2.24) is 20.0 Å². The molecule has 0 fully saturated rings. The topological polar surface area (TPSA) is 72.1 Å². The minimum Gasteiger partial charge on any atom is -0.359 e. The molecule has 0 saturated carbocycles. The first-order chi connectivity index (χ1) is 11.0. The molecule has 0 spiro atoms. The van der Waals surface area contributed by atoms with Crippen molar-refractivity contribution < 1.29 is 9.32 Å². The highest BCUT2D eigenvalue weighted by Gasteiger charge is 2.14. The molecule has 3 aromatic rings. The fourth-order valence-electron chi connectivity index (χ4n) is 2.12. The Kier molecular flexibility index (Phi) is 4.63. The Morgan fingerprint density at radius 2 is 2.17 bits per heavy atom. The fraction of sp³-hybridized carbons (Fsp3) is 0.333. The van der Waals surface area contributed by atoms with Gasteiger partial charge in [-0.2, -0.15) is 0 Å². The SMILES string of the molecule is Cc1cc(CN(C)C(=O)CSc2ncnc3sc(C)cc23)on1. The van der Waals surface area contributed by atoms with Crippen molar-refractivity contribution in [2.75, 3.05) is 12.8 Å². The summed E-state index contributed by atoms with van der Waals surface area (Å²) in [5.74, 6) is 1.02. The van der Waals surface area contributed by atoms with Gasteiger partial charge in [0.1, 0.15) is 16.2 Å². The third-order valence-corrected chi connectivity index (χ3v) is 5.19. The number of hydrogen-bond acceptors (Lipinski definition) is 7. The monoisotopic (exact) mass is 348 g/mol. The van der Waals surface area contributed by atoms with Crippen molar-refractivity contribution in [1.29, 1.82) is 0 Å². The van der Waals surface area contributed by atoms with E-state index in [1.165, 1.54) is 16.6 Å². The van der Waals surface area contributed by atoms with Crippen molar-refractivity contribution in [2.24, 2.45) is 0 Å². The maximum Gasteiger partial charge on any atom is 0.233 e. The van der Waals surface area contributed by atoms with Crippen molar-refractivity contribution in [3.8, 4) is 0 Å². The number of fused-ring (bicyclic) bond motifs is 1. The summed E-state index contributed by atoms with van der Waals surface area (Å²) in [6, 6.07) is 3.90. The summed E-state index contributed by atoms with van der Waals surface area (Å²) in [5, 5.41) is 5.68. The van der Waals surface area contributed by atoms with Gasteiger partial charge in [0.15, 0.2) is 5.76 Å². The Hall–Kier alpha value is -1.93. The summed E-state index contributed by atoms with van der Waals surface area (Å²) in [4.78, 5) is 24.6. The van der Waals surface area contributed by atoms with E-state index in [-0.39, 0.29) is 5.91 Å². The van der Waals surface area contributed by atoms with Crippen LogP contribution < -0.4 is 0 Å². The Balaban J connectivity index is 1.63. The zero-order valence-electron chi connectivity index (χ0n) is 13.1. The summed E-state index contributed by atoms with van der Waals surface area (Å²) in [5.41, 5.74) is 0.812. The average Bonchev–Trinajstić information content (AvgIpc) is 3.09. The van der Waals surface area contributed by atoms with Gasteiger partial charge >= 0.3 is 0 Å². The van der Waals surface area contributed by atoms with E-state index < -0.39 is 0 Å². The Morgan fingerprint density at radius 3 is 2.91 bits per heavy atom. The molecule has 0 aliphatic carbocycles. The molecular formula is C15H16N4O2S2. The number of rotatable bonds is 5. The zero-order chi connectivity index (χ0) is 16.4. The van der Waals surface area contributed by atoms with Crippen LogP contribution in [-0.2, 0) is 11.3 Å². The van der Waals surface area contributed by atoms with Crippen LogP contribution in [0.2, 0.25) is 0 Å². The van der Waals surface area contributed by atoms with Crippen LogP contribution in [0.4, 0.5) is 0 Å². The molecule has 3 heterocycles. The number of amides is 1. The van der Waals surface area contributed by atoms with E-state index >= 15 is 0 Å². The van der Waals surface area contributed by atoms with Crippen molar-refractivity contribution in [3.63, 3.8) is 0 Å². The summed E-state index contributed by atoms with van der Waals surface area (Å²) in [6.45, 7) is 4.31. The molecule has 120 valence electrons. The number of carbonyl (C=O) groups is 1. The standard InChI is InChI=1S/C15H16N4O2S2/c1-9-4-11(21-18-9)6-19(3)13(20)7-22-14-12-5-10(2)23-15(12)17-8-16-14/h4-5,8H,6-7H2,1-3H3. The molecule has 0 N–H and O–H groups in total. The smallest absolute Gasteiger partial charge is 0.233 e. The van der Waals surface area contributed by atoms with Gasteiger partial charge in [0.25, 0.3) is 0 Å². The first kappa shape index (κ1) is 15.9. The van der Waals surface area contributed by atoms with Gasteiger partial charge in [-0.1, -0.05) is 16.9 Å². The largest absolute Gasteiger partial charge is 0.359 e. The van der Waals surface area contributed by atoms with Crippen molar-refractivity contribution in [3.05, 3.63) is 34.8 Å². The quantitative estimate of drug-likeness (QED) is 0.521. The van der Waals surface area contributed by atoms with Gasteiger partial charge in [0.05, 0.1) is 18.0 Å². The summed E-state index contributed by atoms with van der Waals surface area (Å²) in [6.07, 6.45) is 1.55. The van der Waals surface area contributed by atoms with Crippen LogP contribution in [0.5, 0.6) is 0 Å². The average molecular weight is 348 g/mol. The minimum absolute atomic E-state index is 0.0165. The lowest BCUT2D eigenvalue weighted by Gasteiger charge is -2.14. The van der Waals surface area contributed by atoms with E-state index in [2.05, 4.69) is 21.2 Å². The molecule has 0 atom stereocenters. The molecular weight excluding hydrogens is 332 g/mol. The van der Waals surface area contributed by atoms with Crippen LogP contribution in [0.25, 0.3) is 10.2 Å². The number of thioether (sulfide) groups is 1. The van der Waals surface area contributed by atoms with Crippen LogP contribution in [0.1, 0.15) is 16.3 Å². The summed E-state index contributed by atoms with van der Waals surface area (Å²) >= 11 is 3.07. The molecule has 0 bridgehead atoms. The van der Waals surface area contributed by atoms with Gasteiger partial charge < -0.3 is 9.42 Å². The second-order valence-corrected chi connectivity index (χ2v) is 7.43. The predicted molar refractivity (Wildman–Crippen MR) is 90.6 cm³/mol. The molecule has 3 aromatic heterocycles. The van der Waals surface area contributed by atoms with E-state index in [1.807, 2.05) is 19.9 Å². The number of nitrogens with zero attached hydrogens (tertiary/aromatic N) is 4. The second kappa shape index (κ2) is 6.67. The molecule has 1 amide bonds. The Morgan fingerprint density at radius 1 is 1.35 bits per heavy atom. The molecule has 0 aliphatic rings. The van der Waals surface area contributed by atoms with Gasteiger partial charge in [-0.3, -0.25) is 4.79 Å². The predicted octanol–water partition coefficient (Wildman–Crippen LogP) is 3.05. The van der Waals surface area contributed by atoms with Gasteiger partial charge in [-0.05, 0) is 19.9 Å². The lowest BCUT2D eigenvalue weighted by atomic mass is 10.3. The van der Waals surface area contributed by atoms with E-state index in [0.717, 1.165) is 20.9 Å². The molecule has 0 unspecified atom stereocenters.